The van der Waals surface area contributed by atoms with Crippen LogP contribution in [0.15, 0.2) is 18.2 Å². The second kappa shape index (κ2) is 7.95. The van der Waals surface area contributed by atoms with Crippen LogP contribution in [0.3, 0.4) is 0 Å². The van der Waals surface area contributed by atoms with Crippen molar-refractivity contribution in [3.8, 4) is 0 Å². The van der Waals surface area contributed by atoms with Crippen molar-refractivity contribution in [2.75, 3.05) is 26.2 Å². The number of rotatable bonds is 7. The van der Waals surface area contributed by atoms with Crippen LogP contribution in [0.4, 0.5) is 0 Å². The van der Waals surface area contributed by atoms with E-state index in [1.807, 2.05) is 0 Å². The topological polar surface area (TPSA) is 15.3 Å². The Morgan fingerprint density at radius 2 is 2.10 bits per heavy atom. The SMILES string of the molecule is CCCC1CCN(CC(NCC)c2ccc(C)cc2C)C1. The molecule has 0 saturated carbocycles. The number of likely N-dealkylation sites (N-methyl/N-ethyl adjacent to an activating group) is 1. The van der Waals surface area contributed by atoms with Crippen molar-refractivity contribution in [1.82, 2.24) is 10.2 Å². The quantitative estimate of drug-likeness (QED) is 0.813. The highest BCUT2D eigenvalue weighted by molar-refractivity contribution is 5.33. The van der Waals surface area contributed by atoms with Gasteiger partial charge in [-0.15, -0.1) is 0 Å². The molecule has 1 heterocycles. The first-order chi connectivity index (χ1) is 10.1. The molecule has 2 rings (SSSR count). The molecule has 0 radical (unpaired) electrons. The minimum absolute atomic E-state index is 0.468. The van der Waals surface area contributed by atoms with E-state index in [1.165, 1.54) is 49.0 Å². The van der Waals surface area contributed by atoms with Crippen LogP contribution in [0.25, 0.3) is 0 Å². The summed E-state index contributed by atoms with van der Waals surface area (Å²) in [4.78, 5) is 2.66. The molecule has 0 spiro atoms. The van der Waals surface area contributed by atoms with Crippen LogP contribution in [-0.2, 0) is 0 Å². The summed E-state index contributed by atoms with van der Waals surface area (Å²) < 4.78 is 0. The van der Waals surface area contributed by atoms with Crippen LogP contribution in [0.2, 0.25) is 0 Å². The van der Waals surface area contributed by atoms with Crippen LogP contribution in [0, 0.1) is 19.8 Å². The highest BCUT2D eigenvalue weighted by atomic mass is 15.2. The molecule has 1 aliphatic rings. The van der Waals surface area contributed by atoms with Gasteiger partial charge in [-0.1, -0.05) is 44.0 Å². The normalized spacial score (nSPS) is 20.9. The third-order valence-electron chi connectivity index (χ3n) is 4.76. The molecule has 1 fully saturated rings. The smallest absolute Gasteiger partial charge is 0.0451 e. The summed E-state index contributed by atoms with van der Waals surface area (Å²) >= 11 is 0. The molecule has 2 nitrogen and oxygen atoms in total. The number of aryl methyl sites for hydroxylation is 2. The standard InChI is InChI=1S/C19H32N2/c1-5-7-17-10-11-21(13-17)14-19(20-6-2)18-9-8-15(3)12-16(18)4/h8-9,12,17,19-20H,5-7,10-11,13-14H2,1-4H3. The van der Waals surface area contributed by atoms with Crippen molar-refractivity contribution in [1.29, 1.82) is 0 Å². The van der Waals surface area contributed by atoms with Gasteiger partial charge >= 0.3 is 0 Å². The molecule has 0 aromatic heterocycles. The van der Waals surface area contributed by atoms with Crippen molar-refractivity contribution in [3.05, 3.63) is 34.9 Å². The Hall–Kier alpha value is -0.860. The average molecular weight is 288 g/mol. The zero-order chi connectivity index (χ0) is 15.2. The fourth-order valence-corrected chi connectivity index (χ4v) is 3.72. The van der Waals surface area contributed by atoms with Crippen LogP contribution in [0.1, 0.15) is 55.8 Å². The minimum atomic E-state index is 0.468. The average Bonchev–Trinajstić information content (AvgIpc) is 2.86. The molecule has 2 unspecified atom stereocenters. The third-order valence-corrected chi connectivity index (χ3v) is 4.76. The van der Waals surface area contributed by atoms with Crippen molar-refractivity contribution in [2.45, 2.75) is 53.0 Å². The molecule has 0 aliphatic carbocycles. The summed E-state index contributed by atoms with van der Waals surface area (Å²) in [6.07, 6.45) is 4.11. The zero-order valence-electron chi connectivity index (χ0n) is 14.3. The van der Waals surface area contributed by atoms with Gasteiger partial charge in [0.1, 0.15) is 0 Å². The Morgan fingerprint density at radius 3 is 2.76 bits per heavy atom. The fraction of sp³-hybridized carbons (Fsp3) is 0.684. The van der Waals surface area contributed by atoms with Gasteiger partial charge in [0.05, 0.1) is 0 Å². The van der Waals surface area contributed by atoms with Gasteiger partial charge in [-0.2, -0.15) is 0 Å². The van der Waals surface area contributed by atoms with E-state index in [-0.39, 0.29) is 0 Å². The van der Waals surface area contributed by atoms with Gasteiger partial charge in [0.2, 0.25) is 0 Å². The molecule has 1 N–H and O–H groups in total. The first-order valence-corrected chi connectivity index (χ1v) is 8.66. The maximum Gasteiger partial charge on any atom is 0.0451 e. The number of nitrogens with one attached hydrogen (secondary N) is 1. The lowest BCUT2D eigenvalue weighted by Gasteiger charge is -2.26. The molecule has 2 atom stereocenters. The lowest BCUT2D eigenvalue weighted by molar-refractivity contribution is 0.281. The summed E-state index contributed by atoms with van der Waals surface area (Å²) in [6, 6.07) is 7.34. The number of hydrogen-bond donors (Lipinski definition) is 1. The first kappa shape index (κ1) is 16.5. The second-order valence-corrected chi connectivity index (χ2v) is 6.67. The fourth-order valence-electron chi connectivity index (χ4n) is 3.72. The van der Waals surface area contributed by atoms with Gasteiger partial charge < -0.3 is 10.2 Å². The van der Waals surface area contributed by atoms with E-state index in [1.54, 1.807) is 0 Å². The van der Waals surface area contributed by atoms with Crippen LogP contribution >= 0.6 is 0 Å². The van der Waals surface area contributed by atoms with Gasteiger partial charge in [-0.25, -0.2) is 0 Å². The molecule has 1 aromatic carbocycles. The summed E-state index contributed by atoms with van der Waals surface area (Å²) in [5, 5.41) is 3.69. The highest BCUT2D eigenvalue weighted by Crippen LogP contribution is 2.25. The van der Waals surface area contributed by atoms with E-state index < -0.39 is 0 Å². The largest absolute Gasteiger partial charge is 0.309 e. The summed E-state index contributed by atoms with van der Waals surface area (Å²) in [6.45, 7) is 13.7. The first-order valence-electron chi connectivity index (χ1n) is 8.66. The molecule has 0 amide bonds. The molecular weight excluding hydrogens is 256 g/mol. The lowest BCUT2D eigenvalue weighted by Crippen LogP contribution is -2.34. The van der Waals surface area contributed by atoms with E-state index >= 15 is 0 Å². The Bertz CT molecular complexity index is 441. The monoisotopic (exact) mass is 288 g/mol. The van der Waals surface area contributed by atoms with E-state index in [9.17, 15) is 0 Å². The predicted octanol–water partition coefficient (Wildman–Crippen LogP) is 4.08. The second-order valence-electron chi connectivity index (χ2n) is 6.67. The molecule has 1 aromatic rings. The molecular formula is C19H32N2. The number of benzene rings is 1. The van der Waals surface area contributed by atoms with E-state index in [2.05, 4.69) is 56.1 Å². The van der Waals surface area contributed by atoms with Gasteiger partial charge in [0.15, 0.2) is 0 Å². The Balaban J connectivity index is 2.02. The Labute approximate surface area is 130 Å². The van der Waals surface area contributed by atoms with Crippen LogP contribution in [0.5, 0.6) is 0 Å². The highest BCUT2D eigenvalue weighted by Gasteiger charge is 2.24. The van der Waals surface area contributed by atoms with Gasteiger partial charge in [-0.3, -0.25) is 0 Å². The molecule has 1 saturated heterocycles. The van der Waals surface area contributed by atoms with E-state index in [0.29, 0.717) is 6.04 Å². The van der Waals surface area contributed by atoms with Gasteiger partial charge in [0, 0.05) is 19.1 Å². The van der Waals surface area contributed by atoms with Crippen LogP contribution in [-0.4, -0.2) is 31.1 Å². The van der Waals surface area contributed by atoms with E-state index in [0.717, 1.165) is 19.0 Å². The zero-order valence-corrected chi connectivity index (χ0v) is 14.3. The minimum Gasteiger partial charge on any atom is -0.309 e. The van der Waals surface area contributed by atoms with Crippen molar-refractivity contribution >= 4 is 0 Å². The Kier molecular flexibility index (Phi) is 6.25. The Morgan fingerprint density at radius 1 is 1.29 bits per heavy atom. The molecule has 1 aliphatic heterocycles. The number of hydrogen-bond acceptors (Lipinski definition) is 2. The maximum atomic E-state index is 3.69. The van der Waals surface area contributed by atoms with Crippen molar-refractivity contribution < 1.29 is 0 Å². The number of likely N-dealkylation sites (tertiary alicyclic amines) is 1. The van der Waals surface area contributed by atoms with E-state index in [4.69, 9.17) is 0 Å². The molecule has 118 valence electrons. The number of nitrogens with zero attached hydrogens (tertiary/aromatic N) is 1. The lowest BCUT2D eigenvalue weighted by atomic mass is 9.98. The summed E-state index contributed by atoms with van der Waals surface area (Å²) in [5.74, 6) is 0.927. The van der Waals surface area contributed by atoms with Gasteiger partial charge in [0.25, 0.3) is 0 Å². The summed E-state index contributed by atoms with van der Waals surface area (Å²) in [5.41, 5.74) is 4.25. The maximum absolute atomic E-state index is 3.69. The molecule has 21 heavy (non-hydrogen) atoms. The molecule has 0 bridgehead atoms. The van der Waals surface area contributed by atoms with Crippen molar-refractivity contribution in [3.63, 3.8) is 0 Å². The van der Waals surface area contributed by atoms with Crippen LogP contribution < -0.4 is 5.32 Å². The van der Waals surface area contributed by atoms with Crippen molar-refractivity contribution in [2.24, 2.45) is 5.92 Å². The summed E-state index contributed by atoms with van der Waals surface area (Å²) in [7, 11) is 0. The van der Waals surface area contributed by atoms with Gasteiger partial charge in [-0.05, 0) is 56.8 Å². The predicted molar refractivity (Wildman–Crippen MR) is 91.8 cm³/mol. The third kappa shape index (κ3) is 4.55. The molecule has 2 heteroatoms.